The highest BCUT2D eigenvalue weighted by molar-refractivity contribution is 5.59. The minimum absolute atomic E-state index is 0.318. The van der Waals surface area contributed by atoms with Crippen LogP contribution in [0.3, 0.4) is 0 Å². The minimum Gasteiger partial charge on any atom is -0.371 e. The summed E-state index contributed by atoms with van der Waals surface area (Å²) in [5.41, 5.74) is 2.17. The number of anilines is 1. The third kappa shape index (κ3) is 3.35. The molecule has 7 nitrogen and oxygen atoms in total. The van der Waals surface area contributed by atoms with Gasteiger partial charge in [0.1, 0.15) is 0 Å². The summed E-state index contributed by atoms with van der Waals surface area (Å²) in [6.45, 7) is 7.34. The van der Waals surface area contributed by atoms with E-state index in [-0.39, 0.29) is 5.79 Å². The first-order chi connectivity index (χ1) is 11.3. The fraction of sp³-hybridized carbons (Fsp3) is 0.562. The number of hydrogen-bond donors (Lipinski definition) is 1. The highest BCUT2D eigenvalue weighted by Gasteiger charge is 2.39. The van der Waals surface area contributed by atoms with Gasteiger partial charge in [-0.25, -0.2) is 0 Å². The van der Waals surface area contributed by atoms with E-state index in [1.165, 1.54) is 5.69 Å². The van der Waals surface area contributed by atoms with Crippen molar-refractivity contribution in [3.63, 3.8) is 0 Å². The first-order valence-electron chi connectivity index (χ1n) is 8.21. The van der Waals surface area contributed by atoms with Crippen LogP contribution >= 0.6 is 0 Å². The Kier molecular flexibility index (Phi) is 4.88. The van der Waals surface area contributed by atoms with E-state index in [4.69, 9.17) is 9.47 Å². The Morgan fingerprint density at radius 2 is 1.70 bits per heavy atom. The second kappa shape index (κ2) is 7.06. The Bertz CT molecular complexity index is 583. The molecule has 23 heavy (non-hydrogen) atoms. The largest absolute Gasteiger partial charge is 0.371 e. The molecule has 2 fully saturated rings. The van der Waals surface area contributed by atoms with Gasteiger partial charge in [0.15, 0.2) is 5.79 Å². The predicted octanol–water partition coefficient (Wildman–Crippen LogP) is 2.24. The van der Waals surface area contributed by atoms with Crippen molar-refractivity contribution in [3.8, 4) is 11.4 Å². The van der Waals surface area contributed by atoms with Crippen LogP contribution in [0.1, 0.15) is 26.7 Å². The quantitative estimate of drug-likeness (QED) is 0.915. The second-order valence-corrected chi connectivity index (χ2v) is 5.38. The molecule has 2 aromatic rings. The summed E-state index contributed by atoms with van der Waals surface area (Å²) in [5, 5.41) is 14.0. The standard InChI is InChI=1S/C14H17N5O2.C2H6/c1-3-12(4-2-11(1)13-15-17-18-16-13)19-7-5-14(6-8-19)20-9-10-21-14;1-2/h1-4H,5-10H2,(H,15,16,17,18);1-2H3. The minimum atomic E-state index is -0.318. The van der Waals surface area contributed by atoms with E-state index in [2.05, 4.69) is 37.7 Å². The number of aromatic nitrogens is 4. The van der Waals surface area contributed by atoms with Gasteiger partial charge in [-0.3, -0.25) is 0 Å². The molecule has 2 aliphatic heterocycles. The summed E-state index contributed by atoms with van der Waals surface area (Å²) in [7, 11) is 0. The zero-order valence-corrected chi connectivity index (χ0v) is 13.7. The summed E-state index contributed by atoms with van der Waals surface area (Å²) in [5.74, 6) is 0.299. The van der Waals surface area contributed by atoms with Crippen molar-refractivity contribution < 1.29 is 9.47 Å². The van der Waals surface area contributed by atoms with Crippen LogP contribution in [0.2, 0.25) is 0 Å². The van der Waals surface area contributed by atoms with E-state index in [9.17, 15) is 0 Å². The van der Waals surface area contributed by atoms with Crippen LogP contribution in [-0.2, 0) is 9.47 Å². The van der Waals surface area contributed by atoms with Gasteiger partial charge < -0.3 is 14.4 Å². The van der Waals surface area contributed by atoms with Gasteiger partial charge in [0.25, 0.3) is 0 Å². The highest BCUT2D eigenvalue weighted by Crippen LogP contribution is 2.33. The van der Waals surface area contributed by atoms with E-state index in [1.54, 1.807) is 0 Å². The van der Waals surface area contributed by atoms with Crippen molar-refractivity contribution in [3.05, 3.63) is 24.3 Å². The summed E-state index contributed by atoms with van der Waals surface area (Å²) in [6, 6.07) is 8.24. The monoisotopic (exact) mass is 317 g/mol. The lowest BCUT2D eigenvalue weighted by atomic mass is 10.0. The van der Waals surface area contributed by atoms with Crippen LogP contribution in [0, 0.1) is 0 Å². The molecule has 4 rings (SSSR count). The van der Waals surface area contributed by atoms with Gasteiger partial charge in [-0.05, 0) is 29.5 Å². The molecule has 0 amide bonds. The van der Waals surface area contributed by atoms with Crippen LogP contribution in [0.5, 0.6) is 0 Å². The fourth-order valence-electron chi connectivity index (χ4n) is 3.00. The van der Waals surface area contributed by atoms with Crippen molar-refractivity contribution >= 4 is 5.69 Å². The summed E-state index contributed by atoms with van der Waals surface area (Å²) in [6.07, 6.45) is 1.83. The van der Waals surface area contributed by atoms with Gasteiger partial charge in [0, 0.05) is 37.2 Å². The molecule has 0 unspecified atom stereocenters. The molecule has 1 aromatic heterocycles. The molecule has 0 saturated carbocycles. The van der Waals surface area contributed by atoms with Crippen molar-refractivity contribution in [2.24, 2.45) is 0 Å². The zero-order chi connectivity index (χ0) is 16.1. The molecule has 2 saturated heterocycles. The van der Waals surface area contributed by atoms with Crippen molar-refractivity contribution in [2.75, 3.05) is 31.2 Å². The Morgan fingerprint density at radius 1 is 1.04 bits per heavy atom. The molecule has 0 atom stereocenters. The van der Waals surface area contributed by atoms with Crippen molar-refractivity contribution in [2.45, 2.75) is 32.5 Å². The summed E-state index contributed by atoms with van der Waals surface area (Å²) in [4.78, 5) is 2.36. The number of ether oxygens (including phenoxy) is 2. The van der Waals surface area contributed by atoms with Crippen LogP contribution < -0.4 is 4.90 Å². The Labute approximate surface area is 136 Å². The first-order valence-corrected chi connectivity index (χ1v) is 8.21. The van der Waals surface area contributed by atoms with Crippen LogP contribution in [0.15, 0.2) is 24.3 Å². The lowest BCUT2D eigenvalue weighted by Crippen LogP contribution is -2.45. The van der Waals surface area contributed by atoms with E-state index < -0.39 is 0 Å². The van der Waals surface area contributed by atoms with Gasteiger partial charge in [0.2, 0.25) is 5.82 Å². The third-order valence-corrected chi connectivity index (χ3v) is 4.17. The van der Waals surface area contributed by atoms with Gasteiger partial charge in [-0.1, -0.05) is 13.8 Å². The van der Waals surface area contributed by atoms with Gasteiger partial charge in [-0.2, -0.15) is 5.21 Å². The van der Waals surface area contributed by atoms with Crippen molar-refractivity contribution in [1.29, 1.82) is 0 Å². The van der Waals surface area contributed by atoms with Crippen molar-refractivity contribution in [1.82, 2.24) is 20.6 Å². The number of nitrogens with one attached hydrogen (secondary N) is 1. The van der Waals surface area contributed by atoms with Gasteiger partial charge in [-0.15, -0.1) is 10.2 Å². The first kappa shape index (κ1) is 15.9. The molecule has 1 aromatic carbocycles. The van der Waals surface area contributed by atoms with Gasteiger partial charge >= 0.3 is 0 Å². The lowest BCUT2D eigenvalue weighted by Gasteiger charge is -2.38. The summed E-state index contributed by atoms with van der Waals surface area (Å²) >= 11 is 0. The number of nitrogens with zero attached hydrogens (tertiary/aromatic N) is 4. The number of hydrogen-bond acceptors (Lipinski definition) is 6. The molecule has 124 valence electrons. The molecule has 1 N–H and O–H groups in total. The third-order valence-electron chi connectivity index (χ3n) is 4.17. The number of piperidine rings is 1. The summed E-state index contributed by atoms with van der Waals surface area (Å²) < 4.78 is 11.5. The maximum Gasteiger partial charge on any atom is 0.204 e. The number of aromatic amines is 1. The number of rotatable bonds is 2. The maximum atomic E-state index is 5.76. The fourth-order valence-corrected chi connectivity index (χ4v) is 3.00. The molecule has 0 radical (unpaired) electrons. The average molecular weight is 317 g/mol. The molecule has 1 spiro atoms. The SMILES string of the molecule is CC.c1cc(N2CCC3(CC2)OCCO3)ccc1-c1nn[nH]n1. The number of tetrazole rings is 1. The smallest absolute Gasteiger partial charge is 0.204 e. The Hall–Kier alpha value is -1.99. The van der Waals surface area contributed by atoms with E-state index >= 15 is 0 Å². The van der Waals surface area contributed by atoms with Crippen LogP contribution in [0.4, 0.5) is 5.69 Å². The second-order valence-electron chi connectivity index (χ2n) is 5.38. The zero-order valence-electron chi connectivity index (χ0n) is 13.7. The predicted molar refractivity (Wildman–Crippen MR) is 87.0 cm³/mol. The van der Waals surface area contributed by atoms with Crippen LogP contribution in [0.25, 0.3) is 11.4 Å². The highest BCUT2D eigenvalue weighted by atomic mass is 16.7. The maximum absolute atomic E-state index is 5.76. The number of benzene rings is 1. The molecule has 7 heteroatoms. The Balaban J connectivity index is 0.000000753. The normalized spacial score (nSPS) is 19.5. The molecular formula is C16H23N5O2. The molecule has 2 aliphatic rings. The van der Waals surface area contributed by atoms with Crippen LogP contribution in [-0.4, -0.2) is 52.7 Å². The van der Waals surface area contributed by atoms with E-state index in [0.717, 1.165) is 44.7 Å². The van der Waals surface area contributed by atoms with E-state index in [1.807, 2.05) is 26.0 Å². The van der Waals surface area contributed by atoms with Gasteiger partial charge in [0.05, 0.1) is 13.2 Å². The Morgan fingerprint density at radius 3 is 2.26 bits per heavy atom. The number of H-pyrrole nitrogens is 1. The molecule has 0 aliphatic carbocycles. The molecule has 0 bridgehead atoms. The molecule has 3 heterocycles. The lowest BCUT2D eigenvalue weighted by molar-refractivity contribution is -0.169. The average Bonchev–Trinajstić information content (AvgIpc) is 3.30. The topological polar surface area (TPSA) is 76.2 Å². The molecular weight excluding hydrogens is 294 g/mol. The van der Waals surface area contributed by atoms with E-state index in [0.29, 0.717) is 5.82 Å².